The van der Waals surface area contributed by atoms with Gasteiger partial charge in [0.2, 0.25) is 9.84 Å². The van der Waals surface area contributed by atoms with Crippen LogP contribution in [0.5, 0.6) is 0 Å². The van der Waals surface area contributed by atoms with Crippen LogP contribution in [0.15, 0.2) is 46.7 Å². The van der Waals surface area contributed by atoms with E-state index < -0.39 is 15.6 Å². The predicted octanol–water partition coefficient (Wildman–Crippen LogP) is 4.07. The summed E-state index contributed by atoms with van der Waals surface area (Å²) in [5, 5.41) is 5.16. The number of nitrogens with zero attached hydrogens (tertiary/aromatic N) is 1. The lowest BCUT2D eigenvalue weighted by Gasteiger charge is -2.32. The lowest BCUT2D eigenvalue weighted by Crippen LogP contribution is -2.35. The summed E-state index contributed by atoms with van der Waals surface area (Å²) >= 11 is 1.76. The molecule has 1 fully saturated rings. The van der Waals surface area contributed by atoms with Crippen LogP contribution in [-0.2, 0) is 16.4 Å². The molecule has 26 heavy (non-hydrogen) atoms. The van der Waals surface area contributed by atoms with Crippen molar-refractivity contribution in [1.29, 1.82) is 0 Å². The van der Waals surface area contributed by atoms with Gasteiger partial charge in [-0.05, 0) is 55.4 Å². The molecule has 0 radical (unpaired) electrons. The van der Waals surface area contributed by atoms with E-state index >= 15 is 0 Å². The fraction of sp³-hybridized carbons (Fsp3) is 0.444. The van der Waals surface area contributed by atoms with Crippen molar-refractivity contribution in [2.24, 2.45) is 5.92 Å². The van der Waals surface area contributed by atoms with Crippen molar-refractivity contribution >= 4 is 26.9 Å². The van der Waals surface area contributed by atoms with E-state index in [0.29, 0.717) is 12.5 Å². The van der Waals surface area contributed by atoms with Gasteiger partial charge in [-0.3, -0.25) is 4.90 Å². The number of rotatable bonds is 7. The molecule has 1 aromatic carbocycles. The fourth-order valence-electron chi connectivity index (χ4n) is 3.18. The monoisotopic (exact) mass is 400 g/mol. The van der Waals surface area contributed by atoms with Gasteiger partial charge in [0.05, 0.1) is 10.6 Å². The van der Waals surface area contributed by atoms with Crippen molar-refractivity contribution in [3.63, 3.8) is 0 Å². The molecule has 4 nitrogen and oxygen atoms in total. The number of anilines is 1. The molecule has 1 aromatic heterocycles. The van der Waals surface area contributed by atoms with E-state index in [1.54, 1.807) is 23.5 Å². The fourth-order valence-corrected chi connectivity index (χ4v) is 4.84. The minimum Gasteiger partial charge on any atom is -0.384 e. The van der Waals surface area contributed by atoms with Crippen LogP contribution in [0.1, 0.15) is 17.7 Å². The Morgan fingerprint density at radius 1 is 1.15 bits per heavy atom. The van der Waals surface area contributed by atoms with Gasteiger partial charge in [-0.1, -0.05) is 18.2 Å². The molecule has 0 atom stereocenters. The van der Waals surface area contributed by atoms with E-state index in [-0.39, 0.29) is 10.6 Å². The third-order valence-corrected chi connectivity index (χ3v) is 6.98. The summed E-state index contributed by atoms with van der Waals surface area (Å²) in [5.74, 6) is -3.01. The van der Waals surface area contributed by atoms with E-state index in [4.69, 9.17) is 0 Å². The van der Waals surface area contributed by atoms with Crippen molar-refractivity contribution in [1.82, 2.24) is 4.90 Å². The van der Waals surface area contributed by atoms with Crippen LogP contribution in [0.3, 0.4) is 0 Å². The third-order valence-electron chi connectivity index (χ3n) is 4.68. The lowest BCUT2D eigenvalue weighted by atomic mass is 9.96. The highest BCUT2D eigenvalue weighted by atomic mass is 32.2. The molecular formula is C18H22F2N2O2S2. The number of likely N-dealkylation sites (tertiary alicyclic amines) is 1. The van der Waals surface area contributed by atoms with Gasteiger partial charge in [0.15, 0.2) is 0 Å². The second-order valence-corrected chi connectivity index (χ2v) is 9.40. The Labute approximate surface area is 156 Å². The number of piperidine rings is 1. The van der Waals surface area contributed by atoms with E-state index in [0.717, 1.165) is 32.5 Å². The van der Waals surface area contributed by atoms with Crippen molar-refractivity contribution < 1.29 is 17.2 Å². The second kappa shape index (κ2) is 8.45. The molecule has 3 rings (SSSR count). The molecule has 1 saturated heterocycles. The van der Waals surface area contributed by atoms with Crippen molar-refractivity contribution in [3.05, 3.63) is 46.7 Å². The van der Waals surface area contributed by atoms with Crippen LogP contribution in [-0.4, -0.2) is 38.7 Å². The third kappa shape index (κ3) is 4.61. The summed E-state index contributed by atoms with van der Waals surface area (Å²) < 4.78 is 49.3. The predicted molar refractivity (Wildman–Crippen MR) is 100 cm³/mol. The summed E-state index contributed by atoms with van der Waals surface area (Å²) in [5.41, 5.74) is 0.258. The Hall–Kier alpha value is -1.51. The van der Waals surface area contributed by atoms with Crippen LogP contribution in [0.2, 0.25) is 0 Å². The molecule has 0 unspecified atom stereocenters. The molecule has 2 heterocycles. The molecule has 1 aliphatic rings. The highest BCUT2D eigenvalue weighted by molar-refractivity contribution is 7.91. The van der Waals surface area contributed by atoms with Crippen LogP contribution < -0.4 is 5.32 Å². The Morgan fingerprint density at radius 2 is 1.88 bits per heavy atom. The number of thiophene rings is 1. The number of nitrogens with one attached hydrogen (secondary N) is 1. The number of alkyl halides is 2. The zero-order valence-corrected chi connectivity index (χ0v) is 15.9. The minimum absolute atomic E-state index is 0.258. The second-order valence-electron chi connectivity index (χ2n) is 6.48. The van der Waals surface area contributed by atoms with E-state index in [2.05, 4.69) is 27.7 Å². The van der Waals surface area contributed by atoms with Crippen LogP contribution in [0.4, 0.5) is 14.5 Å². The van der Waals surface area contributed by atoms with Gasteiger partial charge in [-0.15, -0.1) is 11.3 Å². The molecule has 0 aliphatic carbocycles. The van der Waals surface area contributed by atoms with Crippen molar-refractivity contribution in [2.45, 2.75) is 30.0 Å². The number of sulfone groups is 1. The molecule has 1 aliphatic heterocycles. The maximum atomic E-state index is 12.9. The Kier molecular flexibility index (Phi) is 6.26. The molecule has 0 saturated carbocycles. The largest absolute Gasteiger partial charge is 0.384 e. The number of para-hydroxylation sites is 1. The molecule has 0 bridgehead atoms. The Balaban J connectivity index is 1.54. The maximum Gasteiger partial charge on any atom is 0.341 e. The molecular weight excluding hydrogens is 378 g/mol. The quantitative estimate of drug-likeness (QED) is 0.761. The van der Waals surface area contributed by atoms with Gasteiger partial charge in [-0.25, -0.2) is 8.42 Å². The Morgan fingerprint density at radius 3 is 2.54 bits per heavy atom. The van der Waals surface area contributed by atoms with Crippen molar-refractivity contribution in [3.8, 4) is 0 Å². The average Bonchev–Trinajstić information content (AvgIpc) is 3.14. The van der Waals surface area contributed by atoms with Crippen molar-refractivity contribution in [2.75, 3.05) is 25.0 Å². The molecule has 1 N–H and O–H groups in total. The molecule has 8 heteroatoms. The van der Waals surface area contributed by atoms with Gasteiger partial charge in [0.1, 0.15) is 0 Å². The van der Waals surface area contributed by atoms with Gasteiger partial charge in [0, 0.05) is 18.0 Å². The van der Waals surface area contributed by atoms with Gasteiger partial charge >= 0.3 is 5.76 Å². The normalized spacial score (nSPS) is 16.9. The first-order valence-electron chi connectivity index (χ1n) is 8.56. The maximum absolute atomic E-state index is 12.9. The van der Waals surface area contributed by atoms with E-state index in [1.807, 2.05) is 0 Å². The Bertz CT molecular complexity index is 802. The molecule has 0 amide bonds. The van der Waals surface area contributed by atoms with Gasteiger partial charge in [0.25, 0.3) is 0 Å². The number of hydrogen-bond acceptors (Lipinski definition) is 5. The zero-order chi connectivity index (χ0) is 18.6. The van der Waals surface area contributed by atoms with Crippen LogP contribution in [0, 0.1) is 5.92 Å². The molecule has 142 valence electrons. The average molecular weight is 401 g/mol. The van der Waals surface area contributed by atoms with Gasteiger partial charge < -0.3 is 5.32 Å². The van der Waals surface area contributed by atoms with Gasteiger partial charge in [-0.2, -0.15) is 8.78 Å². The summed E-state index contributed by atoms with van der Waals surface area (Å²) in [6.45, 7) is 3.53. The zero-order valence-electron chi connectivity index (χ0n) is 14.3. The van der Waals surface area contributed by atoms with Crippen LogP contribution in [0.25, 0.3) is 0 Å². The number of halogens is 2. The SMILES string of the molecule is O=S(=O)(c1ccccc1NCC1CCN(Cc2cccs2)CC1)C(F)F. The first-order chi connectivity index (χ1) is 12.5. The summed E-state index contributed by atoms with van der Waals surface area (Å²) in [6.07, 6.45) is 2.00. The summed E-state index contributed by atoms with van der Waals surface area (Å²) in [6, 6.07) is 10.1. The number of hydrogen-bond donors (Lipinski definition) is 1. The lowest BCUT2D eigenvalue weighted by molar-refractivity contribution is 0.184. The molecule has 0 spiro atoms. The highest BCUT2D eigenvalue weighted by Crippen LogP contribution is 2.27. The summed E-state index contributed by atoms with van der Waals surface area (Å²) in [4.78, 5) is 3.44. The first-order valence-corrected chi connectivity index (χ1v) is 11.0. The minimum atomic E-state index is -4.60. The standard InChI is InChI=1S/C18H22F2N2O2S2/c19-18(20)26(23,24)17-6-2-1-5-16(17)21-12-14-7-9-22(10-8-14)13-15-4-3-11-25-15/h1-6,11,14,18,21H,7-10,12-13H2. The first kappa shape index (κ1) is 19.3. The molecule has 2 aromatic rings. The topological polar surface area (TPSA) is 49.4 Å². The summed E-state index contributed by atoms with van der Waals surface area (Å²) in [7, 11) is -4.60. The highest BCUT2D eigenvalue weighted by Gasteiger charge is 2.29. The van der Waals surface area contributed by atoms with Crippen LogP contribution >= 0.6 is 11.3 Å². The van der Waals surface area contributed by atoms with E-state index in [9.17, 15) is 17.2 Å². The number of benzene rings is 1. The van der Waals surface area contributed by atoms with E-state index in [1.165, 1.54) is 17.0 Å². The smallest absolute Gasteiger partial charge is 0.341 e.